The zero-order chi connectivity index (χ0) is 11.4. The predicted octanol–water partition coefficient (Wildman–Crippen LogP) is 2.46. The number of ether oxygens (including phenoxy) is 1. The van der Waals surface area contributed by atoms with Crippen molar-refractivity contribution in [2.75, 3.05) is 6.61 Å². The van der Waals surface area contributed by atoms with Crippen molar-refractivity contribution in [3.63, 3.8) is 0 Å². The molecular weight excluding hydrogens is 200 g/mol. The first-order valence-electron chi connectivity index (χ1n) is 5.65. The van der Waals surface area contributed by atoms with Gasteiger partial charge in [0.2, 0.25) is 0 Å². The van der Waals surface area contributed by atoms with Gasteiger partial charge in [0.05, 0.1) is 6.10 Å². The van der Waals surface area contributed by atoms with Gasteiger partial charge in [0, 0.05) is 0 Å². The normalized spacial score (nSPS) is 18.2. The van der Waals surface area contributed by atoms with Gasteiger partial charge in [-0.1, -0.05) is 18.1 Å². The Kier molecular flexibility index (Phi) is 3.48. The van der Waals surface area contributed by atoms with Crippen LogP contribution in [0.5, 0.6) is 5.75 Å². The van der Waals surface area contributed by atoms with Crippen LogP contribution in [-0.4, -0.2) is 11.7 Å². The standard InChI is InChI=1S/C14H16O2/c1-2-3-10-16-14-9-5-6-11-12(14)7-4-8-13(11)15/h5-6,9,13,15H,4,7-8,10H2,1H3. The summed E-state index contributed by atoms with van der Waals surface area (Å²) in [5, 5.41) is 9.87. The molecule has 0 spiro atoms. The van der Waals surface area contributed by atoms with Gasteiger partial charge in [-0.2, -0.15) is 0 Å². The fourth-order valence-corrected chi connectivity index (χ4v) is 2.11. The molecule has 0 aromatic heterocycles. The fourth-order valence-electron chi connectivity index (χ4n) is 2.11. The van der Waals surface area contributed by atoms with E-state index in [0.717, 1.165) is 36.1 Å². The van der Waals surface area contributed by atoms with Crippen molar-refractivity contribution in [1.82, 2.24) is 0 Å². The van der Waals surface area contributed by atoms with E-state index in [1.54, 1.807) is 6.92 Å². The highest BCUT2D eigenvalue weighted by Crippen LogP contribution is 2.34. The fraction of sp³-hybridized carbons (Fsp3) is 0.429. The lowest BCUT2D eigenvalue weighted by Gasteiger charge is -2.23. The van der Waals surface area contributed by atoms with Gasteiger partial charge in [-0.15, -0.1) is 5.92 Å². The molecule has 2 nitrogen and oxygen atoms in total. The van der Waals surface area contributed by atoms with Crippen LogP contribution in [0.3, 0.4) is 0 Å². The highest BCUT2D eigenvalue weighted by Gasteiger charge is 2.20. The summed E-state index contributed by atoms with van der Waals surface area (Å²) in [6, 6.07) is 5.87. The maximum Gasteiger partial charge on any atom is 0.149 e. The van der Waals surface area contributed by atoms with Gasteiger partial charge in [0.25, 0.3) is 0 Å². The molecular formula is C14H16O2. The Bertz CT molecular complexity index is 426. The quantitative estimate of drug-likeness (QED) is 0.769. The summed E-state index contributed by atoms with van der Waals surface area (Å²) >= 11 is 0. The third-order valence-electron chi connectivity index (χ3n) is 2.91. The molecule has 1 aromatic rings. The number of fused-ring (bicyclic) bond motifs is 1. The summed E-state index contributed by atoms with van der Waals surface area (Å²) in [6.07, 6.45) is 2.53. The van der Waals surface area contributed by atoms with Gasteiger partial charge in [0.1, 0.15) is 12.4 Å². The molecule has 2 heteroatoms. The third kappa shape index (κ3) is 2.20. The summed E-state index contributed by atoms with van der Waals surface area (Å²) in [5.74, 6) is 6.56. The lowest BCUT2D eigenvalue weighted by atomic mass is 9.89. The summed E-state index contributed by atoms with van der Waals surface area (Å²) < 4.78 is 5.61. The molecule has 0 fully saturated rings. The van der Waals surface area contributed by atoms with Gasteiger partial charge < -0.3 is 9.84 Å². The number of hydrogen-bond donors (Lipinski definition) is 1. The minimum absolute atomic E-state index is 0.329. The van der Waals surface area contributed by atoms with E-state index in [2.05, 4.69) is 11.8 Å². The minimum Gasteiger partial charge on any atom is -0.481 e. The zero-order valence-corrected chi connectivity index (χ0v) is 9.49. The molecule has 0 saturated heterocycles. The molecule has 1 aromatic carbocycles. The Hall–Kier alpha value is -1.46. The lowest BCUT2D eigenvalue weighted by Crippen LogP contribution is -2.11. The van der Waals surface area contributed by atoms with E-state index in [0.29, 0.717) is 6.61 Å². The summed E-state index contributed by atoms with van der Waals surface area (Å²) in [5.41, 5.74) is 2.17. The van der Waals surface area contributed by atoms with Crippen LogP contribution in [0.25, 0.3) is 0 Å². The highest BCUT2D eigenvalue weighted by molar-refractivity contribution is 5.43. The maximum atomic E-state index is 9.87. The monoisotopic (exact) mass is 216 g/mol. The van der Waals surface area contributed by atoms with Crippen molar-refractivity contribution in [3.05, 3.63) is 29.3 Å². The lowest BCUT2D eigenvalue weighted by molar-refractivity contribution is 0.155. The molecule has 1 aliphatic rings. The van der Waals surface area contributed by atoms with Gasteiger partial charge in [-0.05, 0) is 43.4 Å². The third-order valence-corrected chi connectivity index (χ3v) is 2.91. The second-order valence-electron chi connectivity index (χ2n) is 3.95. The first-order chi connectivity index (χ1) is 7.83. The van der Waals surface area contributed by atoms with Crippen LogP contribution in [-0.2, 0) is 6.42 Å². The average molecular weight is 216 g/mol. The Labute approximate surface area is 96.3 Å². The molecule has 0 bridgehead atoms. The maximum absolute atomic E-state index is 9.87. The Balaban J connectivity index is 2.24. The number of aliphatic hydroxyl groups excluding tert-OH is 1. The van der Waals surface area contributed by atoms with E-state index >= 15 is 0 Å². The molecule has 1 N–H and O–H groups in total. The van der Waals surface area contributed by atoms with Crippen molar-refractivity contribution in [2.24, 2.45) is 0 Å². The van der Waals surface area contributed by atoms with Gasteiger partial charge in [-0.25, -0.2) is 0 Å². The number of hydrogen-bond acceptors (Lipinski definition) is 2. The molecule has 0 saturated carbocycles. The molecule has 0 amide bonds. The smallest absolute Gasteiger partial charge is 0.149 e. The van der Waals surface area contributed by atoms with Crippen molar-refractivity contribution in [1.29, 1.82) is 0 Å². The van der Waals surface area contributed by atoms with Crippen LogP contribution in [0.2, 0.25) is 0 Å². The van der Waals surface area contributed by atoms with Crippen molar-refractivity contribution >= 4 is 0 Å². The zero-order valence-electron chi connectivity index (χ0n) is 9.49. The van der Waals surface area contributed by atoms with E-state index in [4.69, 9.17) is 4.74 Å². The van der Waals surface area contributed by atoms with Crippen LogP contribution < -0.4 is 4.74 Å². The Morgan fingerprint density at radius 2 is 2.38 bits per heavy atom. The number of benzene rings is 1. The largest absolute Gasteiger partial charge is 0.481 e. The van der Waals surface area contributed by atoms with Crippen LogP contribution in [0.1, 0.15) is 37.0 Å². The SMILES string of the molecule is CC#CCOc1cccc2c1CCCC2O. The number of aliphatic hydroxyl groups is 1. The van der Waals surface area contributed by atoms with Gasteiger partial charge in [-0.3, -0.25) is 0 Å². The average Bonchev–Trinajstić information content (AvgIpc) is 2.31. The van der Waals surface area contributed by atoms with E-state index in [-0.39, 0.29) is 6.10 Å². The van der Waals surface area contributed by atoms with Crippen LogP contribution in [0, 0.1) is 11.8 Å². The number of rotatable bonds is 2. The molecule has 84 valence electrons. The van der Waals surface area contributed by atoms with E-state index in [1.165, 1.54) is 0 Å². The second kappa shape index (κ2) is 5.05. The van der Waals surface area contributed by atoms with Gasteiger partial charge >= 0.3 is 0 Å². The van der Waals surface area contributed by atoms with Gasteiger partial charge in [0.15, 0.2) is 0 Å². The minimum atomic E-state index is -0.329. The predicted molar refractivity (Wildman–Crippen MR) is 63.3 cm³/mol. The van der Waals surface area contributed by atoms with Crippen LogP contribution in [0.4, 0.5) is 0 Å². The topological polar surface area (TPSA) is 29.5 Å². The summed E-state index contributed by atoms with van der Waals surface area (Å²) in [4.78, 5) is 0. The first kappa shape index (κ1) is 11.0. The summed E-state index contributed by atoms with van der Waals surface area (Å²) in [6.45, 7) is 2.22. The van der Waals surface area contributed by atoms with E-state index in [1.807, 2.05) is 18.2 Å². The van der Waals surface area contributed by atoms with Crippen molar-refractivity contribution < 1.29 is 9.84 Å². The second-order valence-corrected chi connectivity index (χ2v) is 3.95. The van der Waals surface area contributed by atoms with E-state index in [9.17, 15) is 5.11 Å². The van der Waals surface area contributed by atoms with Crippen LogP contribution in [0.15, 0.2) is 18.2 Å². The Morgan fingerprint density at radius 3 is 3.19 bits per heavy atom. The molecule has 2 rings (SSSR count). The van der Waals surface area contributed by atoms with E-state index < -0.39 is 0 Å². The van der Waals surface area contributed by atoms with Crippen molar-refractivity contribution in [2.45, 2.75) is 32.3 Å². The van der Waals surface area contributed by atoms with Crippen LogP contribution >= 0.6 is 0 Å². The Morgan fingerprint density at radius 1 is 1.50 bits per heavy atom. The molecule has 1 atom stereocenters. The highest BCUT2D eigenvalue weighted by atomic mass is 16.5. The molecule has 0 radical (unpaired) electrons. The summed E-state index contributed by atoms with van der Waals surface area (Å²) in [7, 11) is 0. The molecule has 0 aliphatic heterocycles. The molecule has 0 heterocycles. The molecule has 16 heavy (non-hydrogen) atoms. The molecule has 1 unspecified atom stereocenters. The molecule has 1 aliphatic carbocycles. The van der Waals surface area contributed by atoms with Crippen molar-refractivity contribution in [3.8, 4) is 17.6 Å². The first-order valence-corrected chi connectivity index (χ1v) is 5.65.